The van der Waals surface area contributed by atoms with Crippen molar-refractivity contribution in [2.24, 2.45) is 0 Å². The summed E-state index contributed by atoms with van der Waals surface area (Å²) in [6.45, 7) is 2.58. The molecule has 0 saturated heterocycles. The van der Waals surface area contributed by atoms with E-state index in [0.717, 1.165) is 25.7 Å². The number of aliphatic hydroxyl groups excluding tert-OH is 4. The average Bonchev–Trinajstić information content (AvgIpc) is 3.35. The summed E-state index contributed by atoms with van der Waals surface area (Å²) in [4.78, 5) is 41.9. The number of esters is 1. The highest BCUT2D eigenvalue weighted by atomic mass is 31.2. The number of rotatable bonds is 12. The van der Waals surface area contributed by atoms with Crippen LogP contribution in [0.15, 0.2) is 60.7 Å². The first-order valence-corrected chi connectivity index (χ1v) is 18.8. The van der Waals surface area contributed by atoms with Gasteiger partial charge in [-0.25, -0.2) is 13.9 Å². The molecule has 16 nitrogen and oxygen atoms in total. The van der Waals surface area contributed by atoms with Crippen molar-refractivity contribution in [1.82, 2.24) is 0 Å². The lowest BCUT2D eigenvalue weighted by atomic mass is 9.77. The molecule has 1 saturated carbocycles. The Balaban J connectivity index is 1.29. The molecule has 0 aromatic heterocycles. The van der Waals surface area contributed by atoms with E-state index in [2.05, 4.69) is 11.4 Å². The van der Waals surface area contributed by atoms with E-state index >= 15 is 0 Å². The molecule has 8 atom stereocenters. The Morgan fingerprint density at radius 2 is 1.32 bits per heavy atom. The number of hydrogen-bond donors (Lipinski definition) is 7. The number of fused-ring (bicyclic) bond motifs is 6. The molecule has 1 spiro atoms. The highest BCUT2D eigenvalue weighted by Crippen LogP contribution is 2.58. The van der Waals surface area contributed by atoms with Gasteiger partial charge < -0.3 is 48.9 Å². The lowest BCUT2D eigenvalue weighted by Crippen LogP contribution is -2.64. The third-order valence-electron chi connectivity index (χ3n) is 8.70. The molecule has 18 heteroatoms. The van der Waals surface area contributed by atoms with Crippen LogP contribution in [0, 0.1) is 0 Å². The number of aliphatic hydroxyl groups is 4. The second-order valence-electron chi connectivity index (χ2n) is 12.1. The minimum absolute atomic E-state index is 0.0700. The molecule has 3 aromatic carbocycles. The standard InChI is InChI=1S/C32H36O16P2/c1-2-3-4-7-14-43-17-10-12-21-23(15-17)44-24-16-18(11-13-22(24)32(21)20-9-6-5-8-19(20)31(37)45-32)46-50(41,42)48-30-27(35)25(33)29(26(34)28(30)36)47-49(38,39)40/h5-6,8-13,15-16,25-30,33-36H,2-4,7,14H2,1H3,(H,41,42)(H2,38,39,40)/t25-,26+,27-,28-,29?,30?,32?/m1/s1. The summed E-state index contributed by atoms with van der Waals surface area (Å²) >= 11 is 0. The maximum absolute atomic E-state index is 13.2. The number of carbonyl (C=O) groups excluding carboxylic acids is 1. The molecular weight excluding hydrogens is 702 g/mol. The van der Waals surface area contributed by atoms with Crippen LogP contribution in [0.2, 0.25) is 0 Å². The number of phosphoric ester groups is 2. The van der Waals surface area contributed by atoms with E-state index in [9.17, 15) is 39.2 Å². The Morgan fingerprint density at radius 3 is 1.94 bits per heavy atom. The van der Waals surface area contributed by atoms with Crippen LogP contribution >= 0.6 is 15.6 Å². The molecule has 0 bridgehead atoms. The minimum atomic E-state index is -5.30. The van der Waals surface area contributed by atoms with Gasteiger partial charge in [0.2, 0.25) is 0 Å². The van der Waals surface area contributed by atoms with Gasteiger partial charge in [0.25, 0.3) is 0 Å². The smallest absolute Gasteiger partial charge is 0.493 e. The molecule has 2 heterocycles. The number of phosphoric acid groups is 2. The number of carbonyl (C=O) groups is 1. The second kappa shape index (κ2) is 14.0. The first-order valence-electron chi connectivity index (χ1n) is 15.7. The Morgan fingerprint density at radius 1 is 0.740 bits per heavy atom. The van der Waals surface area contributed by atoms with Crippen LogP contribution in [0.5, 0.6) is 23.0 Å². The zero-order valence-corrected chi connectivity index (χ0v) is 28.3. The van der Waals surface area contributed by atoms with E-state index < -0.39 is 63.8 Å². The SMILES string of the molecule is CCCCCCOc1ccc2c(c1)Oc1cc(OP(=O)(O)OC3[C@H](O)[C@H](O)C(OP(=O)(O)O)[C@H](O)[C@H]3O)ccc1C21OC(=O)c2ccccc21. The molecule has 1 fully saturated rings. The van der Waals surface area contributed by atoms with Crippen molar-refractivity contribution in [2.75, 3.05) is 6.61 Å². The molecule has 270 valence electrons. The largest absolute Gasteiger partial charge is 0.527 e. The second-order valence-corrected chi connectivity index (χ2v) is 14.6. The Labute approximate surface area is 285 Å². The zero-order chi connectivity index (χ0) is 36.0. The third-order valence-corrected chi connectivity index (χ3v) is 10.2. The predicted molar refractivity (Wildman–Crippen MR) is 171 cm³/mol. The molecule has 0 amide bonds. The minimum Gasteiger partial charge on any atom is -0.493 e. The summed E-state index contributed by atoms with van der Waals surface area (Å²) < 4.78 is 57.1. The number of unbranched alkanes of at least 4 members (excludes halogenated alkanes) is 3. The Bertz CT molecular complexity index is 1830. The molecule has 3 aromatic rings. The highest BCUT2D eigenvalue weighted by molar-refractivity contribution is 7.47. The molecule has 0 radical (unpaired) electrons. The van der Waals surface area contributed by atoms with Crippen molar-refractivity contribution < 1.29 is 76.8 Å². The van der Waals surface area contributed by atoms with Gasteiger partial charge in [-0.3, -0.25) is 13.9 Å². The monoisotopic (exact) mass is 738 g/mol. The topological polar surface area (TPSA) is 248 Å². The van der Waals surface area contributed by atoms with Crippen molar-refractivity contribution in [3.63, 3.8) is 0 Å². The summed E-state index contributed by atoms with van der Waals surface area (Å²) in [5.41, 5.74) is 0.261. The van der Waals surface area contributed by atoms with Crippen molar-refractivity contribution in [3.8, 4) is 23.0 Å². The van der Waals surface area contributed by atoms with Crippen molar-refractivity contribution in [1.29, 1.82) is 0 Å². The lowest BCUT2D eigenvalue weighted by molar-refractivity contribution is -0.215. The van der Waals surface area contributed by atoms with Gasteiger partial charge >= 0.3 is 21.6 Å². The fraction of sp³-hybridized carbons (Fsp3) is 0.406. The lowest BCUT2D eigenvalue weighted by Gasteiger charge is -2.43. The zero-order valence-electron chi connectivity index (χ0n) is 26.5. The summed E-state index contributed by atoms with van der Waals surface area (Å²) in [5, 5.41) is 41.6. The van der Waals surface area contributed by atoms with Crippen LogP contribution in [0.1, 0.15) is 59.7 Å². The van der Waals surface area contributed by atoms with Crippen LogP contribution in [-0.2, 0) is 28.5 Å². The molecule has 4 unspecified atom stereocenters. The van der Waals surface area contributed by atoms with Crippen LogP contribution in [0.4, 0.5) is 0 Å². The summed E-state index contributed by atoms with van der Waals surface area (Å²) in [7, 11) is -10.6. The van der Waals surface area contributed by atoms with Crippen molar-refractivity contribution in [3.05, 3.63) is 82.9 Å². The van der Waals surface area contributed by atoms with Crippen molar-refractivity contribution in [2.45, 2.75) is 74.8 Å². The molecule has 2 aliphatic heterocycles. The van der Waals surface area contributed by atoms with Crippen molar-refractivity contribution >= 4 is 21.6 Å². The molecule has 3 aliphatic rings. The molecule has 1 aliphatic carbocycles. The average molecular weight is 739 g/mol. The van der Waals surface area contributed by atoms with Crippen LogP contribution in [0.3, 0.4) is 0 Å². The van der Waals surface area contributed by atoms with Crippen LogP contribution < -0.4 is 14.0 Å². The quantitative estimate of drug-likeness (QED) is 0.0802. The van der Waals surface area contributed by atoms with Crippen LogP contribution in [-0.4, -0.2) is 84.3 Å². The van der Waals surface area contributed by atoms with Gasteiger partial charge in [-0.1, -0.05) is 44.4 Å². The van der Waals surface area contributed by atoms with E-state index in [4.69, 9.17) is 33.0 Å². The Hall–Kier alpha value is -3.37. The van der Waals surface area contributed by atoms with Gasteiger partial charge in [0.1, 0.15) is 59.6 Å². The summed E-state index contributed by atoms with van der Waals surface area (Å²) in [5.74, 6) is -0.0402. The highest BCUT2D eigenvalue weighted by Gasteiger charge is 2.55. The van der Waals surface area contributed by atoms with Gasteiger partial charge in [-0.15, -0.1) is 0 Å². The number of benzene rings is 3. The number of ether oxygens (including phenoxy) is 3. The summed E-state index contributed by atoms with van der Waals surface area (Å²) in [6.07, 6.45) is -9.39. The summed E-state index contributed by atoms with van der Waals surface area (Å²) in [6, 6.07) is 15.9. The fourth-order valence-corrected chi connectivity index (χ4v) is 7.95. The Kier molecular flexibility index (Phi) is 10.2. The van der Waals surface area contributed by atoms with Gasteiger partial charge in [0.15, 0.2) is 5.60 Å². The first-order chi connectivity index (χ1) is 23.6. The molecule has 7 N–H and O–H groups in total. The molecule has 50 heavy (non-hydrogen) atoms. The third kappa shape index (κ3) is 6.94. The van der Waals surface area contributed by atoms with Gasteiger partial charge in [-0.05, 0) is 36.8 Å². The van der Waals surface area contributed by atoms with E-state index in [1.54, 1.807) is 42.5 Å². The van der Waals surface area contributed by atoms with Gasteiger partial charge in [0.05, 0.1) is 12.2 Å². The fourth-order valence-electron chi connectivity index (χ4n) is 6.40. The normalized spacial score (nSPS) is 28.1. The van der Waals surface area contributed by atoms with Gasteiger partial charge in [-0.2, -0.15) is 0 Å². The molecular formula is C32H36O16P2. The van der Waals surface area contributed by atoms with E-state index in [1.165, 1.54) is 18.2 Å². The first kappa shape index (κ1) is 36.4. The maximum atomic E-state index is 13.2. The van der Waals surface area contributed by atoms with E-state index in [-0.39, 0.29) is 17.2 Å². The maximum Gasteiger partial charge on any atom is 0.527 e. The molecule has 6 rings (SSSR count). The predicted octanol–water partition coefficient (Wildman–Crippen LogP) is 3.01. The van der Waals surface area contributed by atoms with Gasteiger partial charge in [0, 0.05) is 28.8 Å². The van der Waals surface area contributed by atoms with Crippen LogP contribution in [0.25, 0.3) is 0 Å². The van der Waals surface area contributed by atoms with E-state index in [1.807, 2.05) is 0 Å². The number of hydrogen-bond acceptors (Lipinski definition) is 13. The van der Waals surface area contributed by atoms with E-state index in [0.29, 0.717) is 34.6 Å².